The molecule has 106 valence electrons. The molecule has 5 heteroatoms. The molecule has 5 nitrogen and oxygen atoms in total. The summed E-state index contributed by atoms with van der Waals surface area (Å²) in [5, 5.41) is 12.1. The average Bonchev–Trinajstić information content (AvgIpc) is 2.33. The number of hydrogen-bond acceptors (Lipinski definition) is 4. The molecule has 1 aromatic rings. The number of nitrogens with zero attached hydrogens (tertiary/aromatic N) is 3. The first-order chi connectivity index (χ1) is 8.90. The predicted octanol–water partition coefficient (Wildman–Crippen LogP) is 2.28. The van der Waals surface area contributed by atoms with E-state index in [1.165, 1.54) is 0 Å². The Morgan fingerprint density at radius 3 is 2.58 bits per heavy atom. The molecule has 1 heterocycles. The number of oxime groups is 1. The number of anilines is 1. The minimum Gasteiger partial charge on any atom is -0.409 e. The van der Waals surface area contributed by atoms with Crippen LogP contribution in [0.2, 0.25) is 0 Å². The van der Waals surface area contributed by atoms with Crippen molar-refractivity contribution in [3.63, 3.8) is 0 Å². The van der Waals surface area contributed by atoms with Crippen molar-refractivity contribution < 1.29 is 5.21 Å². The maximum atomic E-state index is 8.96. The number of aryl methyl sites for hydroxylation is 2. The van der Waals surface area contributed by atoms with Crippen LogP contribution in [-0.4, -0.2) is 29.1 Å². The van der Waals surface area contributed by atoms with Gasteiger partial charge in [0.1, 0.15) is 0 Å². The Kier molecular flexibility index (Phi) is 5.15. The second-order valence-corrected chi connectivity index (χ2v) is 5.16. The van der Waals surface area contributed by atoms with Gasteiger partial charge in [0, 0.05) is 18.8 Å². The highest BCUT2D eigenvalue weighted by molar-refractivity contribution is 6.03. The number of nitrogens with two attached hydrogens (primary N) is 1. The topological polar surface area (TPSA) is 74.7 Å². The van der Waals surface area contributed by atoms with E-state index in [2.05, 4.69) is 35.8 Å². The molecule has 0 atom stereocenters. The van der Waals surface area contributed by atoms with Crippen molar-refractivity contribution in [3.05, 3.63) is 23.0 Å². The summed E-state index contributed by atoms with van der Waals surface area (Å²) in [6.45, 7) is 12.1. The molecule has 0 saturated heterocycles. The first-order valence-electron chi connectivity index (χ1n) is 6.61. The lowest BCUT2D eigenvalue weighted by Gasteiger charge is -2.28. The van der Waals surface area contributed by atoms with E-state index in [-0.39, 0.29) is 5.84 Å². The quantitative estimate of drug-likeness (QED) is 0.370. The molecule has 0 radical (unpaired) electrons. The molecule has 0 aromatic carbocycles. The van der Waals surface area contributed by atoms with E-state index in [9.17, 15) is 0 Å². The minimum absolute atomic E-state index is 0.113. The molecule has 0 amide bonds. The van der Waals surface area contributed by atoms with Gasteiger partial charge in [-0.1, -0.05) is 19.0 Å². The summed E-state index contributed by atoms with van der Waals surface area (Å²) in [6.07, 6.45) is 0. The molecule has 0 aliphatic heterocycles. The monoisotopic (exact) mass is 264 g/mol. The van der Waals surface area contributed by atoms with Crippen LogP contribution in [0.1, 0.15) is 37.7 Å². The van der Waals surface area contributed by atoms with Crippen LogP contribution in [0.4, 0.5) is 5.69 Å². The van der Waals surface area contributed by atoms with Gasteiger partial charge in [0.2, 0.25) is 0 Å². The van der Waals surface area contributed by atoms with Gasteiger partial charge in [0.25, 0.3) is 0 Å². The molecule has 0 spiro atoms. The zero-order valence-corrected chi connectivity index (χ0v) is 12.4. The second kappa shape index (κ2) is 6.41. The van der Waals surface area contributed by atoms with E-state index in [1.807, 2.05) is 19.9 Å². The summed E-state index contributed by atoms with van der Waals surface area (Å²) in [6, 6.07) is 1.99. The Morgan fingerprint density at radius 1 is 1.47 bits per heavy atom. The lowest BCUT2D eigenvalue weighted by atomic mass is 10.1. The highest BCUT2D eigenvalue weighted by Crippen LogP contribution is 2.24. The molecule has 0 saturated carbocycles. The molecule has 19 heavy (non-hydrogen) atoms. The lowest BCUT2D eigenvalue weighted by molar-refractivity contribution is 0.318. The van der Waals surface area contributed by atoms with Gasteiger partial charge < -0.3 is 15.8 Å². The Bertz CT molecular complexity index is 469. The summed E-state index contributed by atoms with van der Waals surface area (Å²) in [7, 11) is 0. The zero-order valence-electron chi connectivity index (χ0n) is 12.4. The van der Waals surface area contributed by atoms with Crippen molar-refractivity contribution in [2.75, 3.05) is 18.0 Å². The van der Waals surface area contributed by atoms with Gasteiger partial charge >= 0.3 is 0 Å². The molecule has 1 aromatic heterocycles. The molecule has 0 aliphatic rings. The van der Waals surface area contributed by atoms with Crippen molar-refractivity contribution in [1.29, 1.82) is 0 Å². The van der Waals surface area contributed by atoms with Gasteiger partial charge in [0.15, 0.2) is 5.84 Å². The normalized spacial score (nSPS) is 12.0. The van der Waals surface area contributed by atoms with Crippen molar-refractivity contribution in [2.45, 2.75) is 34.6 Å². The summed E-state index contributed by atoms with van der Waals surface area (Å²) >= 11 is 0. The van der Waals surface area contributed by atoms with E-state index in [1.54, 1.807) is 0 Å². The third kappa shape index (κ3) is 3.59. The Balaban J connectivity index is 3.38. The van der Waals surface area contributed by atoms with Crippen LogP contribution in [0.15, 0.2) is 11.2 Å². The maximum Gasteiger partial charge on any atom is 0.174 e. The largest absolute Gasteiger partial charge is 0.409 e. The second-order valence-electron chi connectivity index (χ2n) is 5.16. The van der Waals surface area contributed by atoms with Gasteiger partial charge in [-0.15, -0.1) is 0 Å². The number of amidine groups is 1. The molecule has 0 aliphatic carbocycles. The third-order valence-corrected chi connectivity index (χ3v) is 2.98. The van der Waals surface area contributed by atoms with Crippen LogP contribution in [-0.2, 0) is 0 Å². The Morgan fingerprint density at radius 2 is 2.11 bits per heavy atom. The van der Waals surface area contributed by atoms with Crippen molar-refractivity contribution in [2.24, 2.45) is 16.8 Å². The van der Waals surface area contributed by atoms with E-state index in [0.717, 1.165) is 35.7 Å². The molecular formula is C14H24N4O. The highest BCUT2D eigenvalue weighted by Gasteiger charge is 2.18. The van der Waals surface area contributed by atoms with Crippen molar-refractivity contribution in [3.8, 4) is 0 Å². The number of aromatic nitrogens is 1. The molecule has 0 fully saturated rings. The molecule has 3 N–H and O–H groups in total. The van der Waals surface area contributed by atoms with E-state index in [4.69, 9.17) is 10.9 Å². The van der Waals surface area contributed by atoms with Gasteiger partial charge in [-0.25, -0.2) is 0 Å². The van der Waals surface area contributed by atoms with Crippen LogP contribution in [0, 0.1) is 19.8 Å². The van der Waals surface area contributed by atoms with Gasteiger partial charge in [0.05, 0.1) is 16.9 Å². The highest BCUT2D eigenvalue weighted by atomic mass is 16.4. The van der Waals surface area contributed by atoms with Crippen LogP contribution < -0.4 is 10.6 Å². The van der Waals surface area contributed by atoms with Crippen LogP contribution >= 0.6 is 0 Å². The number of rotatable bonds is 5. The summed E-state index contributed by atoms with van der Waals surface area (Å²) in [5.74, 6) is 0.649. The summed E-state index contributed by atoms with van der Waals surface area (Å²) in [4.78, 5) is 6.64. The number of pyridine rings is 1. The minimum atomic E-state index is 0.113. The van der Waals surface area contributed by atoms with Gasteiger partial charge in [-0.2, -0.15) is 0 Å². The molecule has 0 unspecified atom stereocenters. The summed E-state index contributed by atoms with van der Waals surface area (Å²) < 4.78 is 0. The van der Waals surface area contributed by atoms with E-state index >= 15 is 0 Å². The fraction of sp³-hybridized carbons (Fsp3) is 0.571. The SMILES string of the molecule is CCN(CC(C)C)c1cc(C)nc(C)c1/C(N)=N/O. The number of hydrogen-bond donors (Lipinski definition) is 2. The Labute approximate surface area is 115 Å². The maximum absolute atomic E-state index is 8.96. The van der Waals surface area contributed by atoms with E-state index < -0.39 is 0 Å². The zero-order chi connectivity index (χ0) is 14.6. The van der Waals surface area contributed by atoms with Gasteiger partial charge in [-0.05, 0) is 32.8 Å². The Hall–Kier alpha value is -1.78. The molecule has 1 rings (SSSR count). The van der Waals surface area contributed by atoms with E-state index in [0.29, 0.717) is 5.92 Å². The van der Waals surface area contributed by atoms with Crippen molar-refractivity contribution in [1.82, 2.24) is 4.98 Å². The molecular weight excluding hydrogens is 240 g/mol. The van der Waals surface area contributed by atoms with Crippen LogP contribution in [0.5, 0.6) is 0 Å². The van der Waals surface area contributed by atoms with Crippen molar-refractivity contribution >= 4 is 11.5 Å². The third-order valence-electron chi connectivity index (χ3n) is 2.98. The standard InChI is InChI=1S/C14H24N4O/c1-6-18(8-9(2)3)12-7-10(4)16-11(5)13(12)14(15)17-19/h7,9,19H,6,8H2,1-5H3,(H2,15,17). The lowest BCUT2D eigenvalue weighted by Crippen LogP contribution is -2.31. The first-order valence-corrected chi connectivity index (χ1v) is 6.61. The van der Waals surface area contributed by atoms with Crippen LogP contribution in [0.25, 0.3) is 0 Å². The predicted molar refractivity (Wildman–Crippen MR) is 78.9 cm³/mol. The summed E-state index contributed by atoms with van der Waals surface area (Å²) in [5.41, 5.74) is 9.22. The smallest absolute Gasteiger partial charge is 0.174 e. The van der Waals surface area contributed by atoms with Crippen LogP contribution in [0.3, 0.4) is 0 Å². The van der Waals surface area contributed by atoms with Gasteiger partial charge in [-0.3, -0.25) is 4.98 Å². The fourth-order valence-corrected chi connectivity index (χ4v) is 2.26. The molecule has 0 bridgehead atoms. The fourth-order valence-electron chi connectivity index (χ4n) is 2.26. The average molecular weight is 264 g/mol. The first kappa shape index (κ1) is 15.3.